The van der Waals surface area contributed by atoms with Gasteiger partial charge < -0.3 is 15.3 Å². The molecule has 2 aliphatic heterocycles. The molecule has 28 heavy (non-hydrogen) atoms. The standard InChI is InChI=1S/C17H25N5O3.3ClH/c1-14(23)17(16(24)25,21-8-6-19-7-9-21)22-12-10-20(11-13-22)15-2-4-18-5-3-15;;;/h2-5,19H,6-13H2,1H3,(H,24,25);3*1H. The summed E-state index contributed by atoms with van der Waals surface area (Å²) < 4.78 is 0. The lowest BCUT2D eigenvalue weighted by atomic mass is 9.98. The summed E-state index contributed by atoms with van der Waals surface area (Å²) in [6, 6.07) is 3.89. The Labute approximate surface area is 183 Å². The molecular formula is C17H28Cl3N5O3. The molecule has 1 aromatic rings. The van der Waals surface area contributed by atoms with Crippen molar-refractivity contribution in [3.05, 3.63) is 24.5 Å². The number of nitrogens with zero attached hydrogens (tertiary/aromatic N) is 4. The second kappa shape index (κ2) is 11.7. The lowest BCUT2D eigenvalue weighted by Crippen LogP contribution is -2.74. The van der Waals surface area contributed by atoms with E-state index in [2.05, 4.69) is 15.2 Å². The Morgan fingerprint density at radius 3 is 1.93 bits per heavy atom. The van der Waals surface area contributed by atoms with Crippen molar-refractivity contribution < 1.29 is 14.7 Å². The van der Waals surface area contributed by atoms with Gasteiger partial charge in [-0.3, -0.25) is 19.6 Å². The van der Waals surface area contributed by atoms with E-state index < -0.39 is 11.6 Å². The lowest BCUT2D eigenvalue weighted by Gasteiger charge is -2.50. The molecule has 3 rings (SSSR count). The summed E-state index contributed by atoms with van der Waals surface area (Å²) in [7, 11) is 0. The van der Waals surface area contributed by atoms with Crippen LogP contribution in [0.5, 0.6) is 0 Å². The van der Waals surface area contributed by atoms with E-state index in [1.54, 1.807) is 12.4 Å². The lowest BCUT2D eigenvalue weighted by molar-refractivity contribution is -0.175. The van der Waals surface area contributed by atoms with Crippen molar-refractivity contribution in [3.8, 4) is 0 Å². The highest BCUT2D eigenvalue weighted by Crippen LogP contribution is 2.26. The van der Waals surface area contributed by atoms with Gasteiger partial charge in [-0.15, -0.1) is 37.2 Å². The number of rotatable bonds is 5. The van der Waals surface area contributed by atoms with Gasteiger partial charge in [0.2, 0.25) is 5.66 Å². The Morgan fingerprint density at radius 1 is 0.964 bits per heavy atom. The third kappa shape index (κ3) is 5.06. The quantitative estimate of drug-likeness (QED) is 0.627. The van der Waals surface area contributed by atoms with Crippen molar-refractivity contribution in [2.24, 2.45) is 0 Å². The van der Waals surface area contributed by atoms with E-state index in [0.29, 0.717) is 52.4 Å². The number of Topliss-reactive ketones (excluding diaryl/α,β-unsaturated/α-hetero) is 1. The molecule has 1 unspecified atom stereocenters. The van der Waals surface area contributed by atoms with Crippen molar-refractivity contribution in [1.29, 1.82) is 0 Å². The molecule has 0 aromatic carbocycles. The van der Waals surface area contributed by atoms with E-state index in [4.69, 9.17) is 0 Å². The third-order valence-electron chi connectivity index (χ3n) is 5.13. The largest absolute Gasteiger partial charge is 0.479 e. The average Bonchev–Trinajstić information content (AvgIpc) is 2.64. The Kier molecular flexibility index (Phi) is 11.3. The Bertz CT molecular complexity index is 610. The number of carbonyl (C=O) groups is 2. The van der Waals surface area contributed by atoms with Gasteiger partial charge >= 0.3 is 5.97 Å². The van der Waals surface area contributed by atoms with Crippen LogP contribution in [0.4, 0.5) is 5.69 Å². The van der Waals surface area contributed by atoms with Crippen LogP contribution in [0.3, 0.4) is 0 Å². The Balaban J connectivity index is 0.00000243. The minimum Gasteiger partial charge on any atom is -0.479 e. The zero-order valence-corrected chi connectivity index (χ0v) is 18.2. The van der Waals surface area contributed by atoms with Crippen molar-refractivity contribution in [2.75, 3.05) is 57.3 Å². The summed E-state index contributed by atoms with van der Waals surface area (Å²) in [5.41, 5.74) is -0.493. The molecule has 2 saturated heterocycles. The molecular weight excluding hydrogens is 429 g/mol. The second-order valence-electron chi connectivity index (χ2n) is 6.45. The van der Waals surface area contributed by atoms with Gasteiger partial charge in [0, 0.05) is 70.4 Å². The fourth-order valence-corrected chi connectivity index (χ4v) is 3.90. The van der Waals surface area contributed by atoms with E-state index in [1.807, 2.05) is 21.9 Å². The summed E-state index contributed by atoms with van der Waals surface area (Å²) >= 11 is 0. The number of hydrogen-bond acceptors (Lipinski definition) is 7. The molecule has 0 bridgehead atoms. The molecule has 1 atom stereocenters. The maximum absolute atomic E-state index is 12.6. The molecule has 0 amide bonds. The molecule has 0 radical (unpaired) electrons. The van der Waals surface area contributed by atoms with E-state index in [0.717, 1.165) is 5.69 Å². The first-order chi connectivity index (χ1) is 12.1. The van der Waals surface area contributed by atoms with Gasteiger partial charge in [0.15, 0.2) is 5.78 Å². The van der Waals surface area contributed by atoms with Crippen LogP contribution >= 0.6 is 37.2 Å². The van der Waals surface area contributed by atoms with Gasteiger partial charge in [-0.1, -0.05) is 0 Å². The van der Waals surface area contributed by atoms with Crippen molar-refractivity contribution in [2.45, 2.75) is 12.6 Å². The van der Waals surface area contributed by atoms with Gasteiger partial charge in [0.25, 0.3) is 0 Å². The number of carbonyl (C=O) groups excluding carboxylic acids is 1. The SMILES string of the molecule is CC(=O)C(C(=O)O)(N1CCNCC1)N1CCN(c2ccncc2)CC1.Cl.Cl.Cl. The number of carboxylic acids is 1. The number of carboxylic acid groups (broad SMARTS) is 1. The molecule has 0 spiro atoms. The monoisotopic (exact) mass is 455 g/mol. The summed E-state index contributed by atoms with van der Waals surface area (Å²) in [6.45, 7) is 6.30. The molecule has 3 heterocycles. The molecule has 0 saturated carbocycles. The number of aliphatic carboxylic acids is 1. The number of halogens is 3. The van der Waals surface area contributed by atoms with E-state index in [-0.39, 0.29) is 43.0 Å². The van der Waals surface area contributed by atoms with Gasteiger partial charge in [-0.05, 0) is 19.1 Å². The van der Waals surface area contributed by atoms with Gasteiger partial charge in [-0.2, -0.15) is 0 Å². The van der Waals surface area contributed by atoms with Gasteiger partial charge in [0.1, 0.15) is 0 Å². The zero-order valence-electron chi connectivity index (χ0n) is 15.7. The van der Waals surface area contributed by atoms with E-state index in [9.17, 15) is 14.7 Å². The summed E-state index contributed by atoms with van der Waals surface area (Å²) in [4.78, 5) is 34.7. The van der Waals surface area contributed by atoms with Crippen LogP contribution in [-0.2, 0) is 9.59 Å². The third-order valence-corrected chi connectivity index (χ3v) is 5.13. The smallest absolute Gasteiger partial charge is 0.347 e. The van der Waals surface area contributed by atoms with Crippen LogP contribution in [0.15, 0.2) is 24.5 Å². The van der Waals surface area contributed by atoms with Crippen LogP contribution in [0.1, 0.15) is 6.92 Å². The Hall–Kier alpha value is -1.16. The number of ketones is 1. The molecule has 2 aliphatic rings. The molecule has 2 fully saturated rings. The average molecular weight is 457 g/mol. The zero-order chi connectivity index (χ0) is 17.9. The fourth-order valence-electron chi connectivity index (χ4n) is 3.90. The Morgan fingerprint density at radius 2 is 1.46 bits per heavy atom. The predicted molar refractivity (Wildman–Crippen MR) is 115 cm³/mol. The maximum atomic E-state index is 12.6. The van der Waals surface area contributed by atoms with Crippen LogP contribution in [-0.4, -0.2) is 89.7 Å². The molecule has 1 aromatic heterocycles. The summed E-state index contributed by atoms with van der Waals surface area (Å²) in [6.07, 6.45) is 3.50. The number of hydrogen-bond donors (Lipinski definition) is 2. The maximum Gasteiger partial charge on any atom is 0.347 e. The van der Waals surface area contributed by atoms with Crippen LogP contribution in [0.2, 0.25) is 0 Å². The molecule has 2 N–H and O–H groups in total. The number of nitrogens with one attached hydrogen (secondary N) is 1. The van der Waals surface area contributed by atoms with Crippen LogP contribution in [0, 0.1) is 0 Å². The number of piperazine rings is 2. The molecule has 8 nitrogen and oxygen atoms in total. The topological polar surface area (TPSA) is 89.0 Å². The number of aromatic nitrogens is 1. The predicted octanol–water partition coefficient (Wildman–Crippen LogP) is 0.744. The fraction of sp³-hybridized carbons (Fsp3) is 0.588. The first kappa shape index (κ1) is 26.8. The van der Waals surface area contributed by atoms with Crippen LogP contribution in [0.25, 0.3) is 0 Å². The van der Waals surface area contributed by atoms with Crippen molar-refractivity contribution in [3.63, 3.8) is 0 Å². The number of anilines is 1. The minimum atomic E-state index is -1.56. The molecule has 11 heteroatoms. The van der Waals surface area contributed by atoms with E-state index in [1.165, 1.54) is 6.92 Å². The highest BCUT2D eigenvalue weighted by atomic mass is 35.5. The van der Waals surface area contributed by atoms with E-state index >= 15 is 0 Å². The second-order valence-corrected chi connectivity index (χ2v) is 6.45. The normalized spacial score (nSPS) is 20.0. The first-order valence-corrected chi connectivity index (χ1v) is 8.67. The molecule has 0 aliphatic carbocycles. The van der Waals surface area contributed by atoms with Crippen molar-refractivity contribution >= 4 is 54.7 Å². The summed E-state index contributed by atoms with van der Waals surface area (Å²) in [5.74, 6) is -1.39. The van der Waals surface area contributed by atoms with Gasteiger partial charge in [-0.25, -0.2) is 4.79 Å². The minimum absolute atomic E-state index is 0. The number of pyridine rings is 1. The molecule has 160 valence electrons. The van der Waals surface area contributed by atoms with Gasteiger partial charge in [0.05, 0.1) is 0 Å². The highest BCUT2D eigenvalue weighted by Gasteiger charge is 2.54. The first-order valence-electron chi connectivity index (χ1n) is 8.67. The van der Waals surface area contributed by atoms with Crippen LogP contribution < -0.4 is 10.2 Å². The highest BCUT2D eigenvalue weighted by molar-refractivity contribution is 6.06. The summed E-state index contributed by atoms with van der Waals surface area (Å²) in [5, 5.41) is 13.3. The van der Waals surface area contributed by atoms with Crippen molar-refractivity contribution in [1.82, 2.24) is 20.1 Å².